The minimum Gasteiger partial charge on any atom is -0.444 e. The number of benzene rings is 1. The lowest BCUT2D eigenvalue weighted by molar-refractivity contribution is 0.0286. The Labute approximate surface area is 134 Å². The third-order valence-corrected chi connectivity index (χ3v) is 4.04. The Kier molecular flexibility index (Phi) is 5.12. The molecule has 0 spiro atoms. The van der Waals surface area contributed by atoms with Crippen molar-refractivity contribution in [2.45, 2.75) is 44.8 Å². The summed E-state index contributed by atoms with van der Waals surface area (Å²) in [4.78, 5) is 15.9. The highest BCUT2D eigenvalue weighted by Crippen LogP contribution is 2.43. The number of nitrogens with zero attached hydrogens (tertiary/aromatic N) is 2. The maximum Gasteiger partial charge on any atom is 0.410 e. The molecule has 0 heterocycles. The summed E-state index contributed by atoms with van der Waals surface area (Å²) in [5.41, 5.74) is 0.978. The average molecular weight is 304 g/mol. The molecule has 4 heteroatoms. The van der Waals surface area contributed by atoms with Crippen LogP contribution in [0.1, 0.15) is 38.7 Å². The van der Waals surface area contributed by atoms with Crippen LogP contribution in [0.3, 0.4) is 0 Å². The third kappa shape index (κ3) is 4.73. The second-order valence-corrected chi connectivity index (χ2v) is 7.20. The molecular formula is C18H28N2O2. The van der Waals surface area contributed by atoms with E-state index in [4.69, 9.17) is 4.74 Å². The quantitative estimate of drug-likeness (QED) is 0.836. The summed E-state index contributed by atoms with van der Waals surface area (Å²) in [6.45, 7) is 7.21. The van der Waals surface area contributed by atoms with Gasteiger partial charge in [-0.05, 0) is 39.8 Å². The summed E-state index contributed by atoms with van der Waals surface area (Å²) in [5.74, 6) is 0.637. The van der Waals surface area contributed by atoms with Gasteiger partial charge in [0.1, 0.15) is 5.60 Å². The van der Waals surface area contributed by atoms with Gasteiger partial charge in [-0.3, -0.25) is 0 Å². The van der Waals surface area contributed by atoms with Crippen molar-refractivity contribution in [3.63, 3.8) is 0 Å². The summed E-state index contributed by atoms with van der Waals surface area (Å²) in [6, 6.07) is 11.2. The molecule has 0 saturated heterocycles. The fourth-order valence-corrected chi connectivity index (χ4v) is 2.63. The van der Waals surface area contributed by atoms with Gasteiger partial charge in [-0.15, -0.1) is 0 Å². The number of hydrogen-bond donors (Lipinski definition) is 0. The van der Waals surface area contributed by atoms with Gasteiger partial charge in [-0.1, -0.05) is 30.3 Å². The fourth-order valence-electron chi connectivity index (χ4n) is 2.63. The van der Waals surface area contributed by atoms with Gasteiger partial charge in [-0.2, -0.15) is 0 Å². The molecular weight excluding hydrogens is 276 g/mol. The van der Waals surface area contributed by atoms with Crippen LogP contribution < -0.4 is 0 Å². The Morgan fingerprint density at radius 1 is 1.18 bits per heavy atom. The molecule has 22 heavy (non-hydrogen) atoms. The Morgan fingerprint density at radius 2 is 1.82 bits per heavy atom. The molecule has 1 aromatic carbocycles. The molecule has 2 unspecified atom stereocenters. The van der Waals surface area contributed by atoms with Gasteiger partial charge in [0.2, 0.25) is 0 Å². The van der Waals surface area contributed by atoms with Crippen LogP contribution in [0.15, 0.2) is 30.3 Å². The van der Waals surface area contributed by atoms with E-state index in [0.717, 1.165) is 6.54 Å². The zero-order valence-corrected chi connectivity index (χ0v) is 14.4. The highest BCUT2D eigenvalue weighted by molar-refractivity contribution is 5.67. The van der Waals surface area contributed by atoms with E-state index < -0.39 is 5.60 Å². The topological polar surface area (TPSA) is 32.8 Å². The van der Waals surface area contributed by atoms with Crippen molar-refractivity contribution < 1.29 is 9.53 Å². The standard InChI is InChI=1S/C18H28N2O2/c1-18(2,3)22-17(21)20(5)12-11-19(4)16-13-15(16)14-9-7-6-8-10-14/h6-10,15-16H,11-13H2,1-5H3. The first-order chi connectivity index (χ1) is 10.3. The highest BCUT2D eigenvalue weighted by Gasteiger charge is 2.40. The Bertz CT molecular complexity index is 496. The molecule has 0 aromatic heterocycles. The SMILES string of the molecule is CN(CCN(C)C1CC1c1ccccc1)C(=O)OC(C)(C)C. The number of rotatable bonds is 5. The molecule has 1 fully saturated rings. The van der Waals surface area contributed by atoms with Crippen molar-refractivity contribution in [2.24, 2.45) is 0 Å². The van der Waals surface area contributed by atoms with Crippen LogP contribution in [0.5, 0.6) is 0 Å². The summed E-state index contributed by atoms with van der Waals surface area (Å²) in [6.07, 6.45) is 0.952. The van der Waals surface area contributed by atoms with E-state index in [-0.39, 0.29) is 6.09 Å². The summed E-state index contributed by atoms with van der Waals surface area (Å²) >= 11 is 0. The first kappa shape index (κ1) is 16.8. The van der Waals surface area contributed by atoms with Gasteiger partial charge < -0.3 is 14.5 Å². The lowest BCUT2D eigenvalue weighted by atomic mass is 10.1. The van der Waals surface area contributed by atoms with E-state index in [1.807, 2.05) is 20.8 Å². The van der Waals surface area contributed by atoms with Crippen LogP contribution >= 0.6 is 0 Å². The number of amides is 1. The molecule has 1 aromatic rings. The molecule has 2 rings (SSSR count). The fraction of sp³-hybridized carbons (Fsp3) is 0.611. The maximum absolute atomic E-state index is 11.9. The first-order valence-corrected chi connectivity index (χ1v) is 7.97. The smallest absolute Gasteiger partial charge is 0.410 e. The van der Waals surface area contributed by atoms with Crippen molar-refractivity contribution in [2.75, 3.05) is 27.2 Å². The molecule has 4 nitrogen and oxygen atoms in total. The normalized spacial score (nSPS) is 20.8. The molecule has 0 radical (unpaired) electrons. The number of likely N-dealkylation sites (N-methyl/N-ethyl adjacent to an activating group) is 2. The molecule has 1 saturated carbocycles. The summed E-state index contributed by atoms with van der Waals surface area (Å²) in [5, 5.41) is 0. The van der Waals surface area contributed by atoms with Crippen LogP contribution in [0.4, 0.5) is 4.79 Å². The Morgan fingerprint density at radius 3 is 2.41 bits per heavy atom. The molecule has 0 N–H and O–H groups in total. The van der Waals surface area contributed by atoms with Crippen molar-refractivity contribution in [3.8, 4) is 0 Å². The van der Waals surface area contributed by atoms with Crippen molar-refractivity contribution in [1.82, 2.24) is 9.80 Å². The van der Waals surface area contributed by atoms with E-state index in [1.165, 1.54) is 12.0 Å². The van der Waals surface area contributed by atoms with Gasteiger partial charge >= 0.3 is 6.09 Å². The van der Waals surface area contributed by atoms with Gasteiger partial charge in [0.25, 0.3) is 0 Å². The number of hydrogen-bond acceptors (Lipinski definition) is 3. The molecule has 1 amide bonds. The second kappa shape index (κ2) is 6.69. The monoisotopic (exact) mass is 304 g/mol. The third-order valence-electron chi connectivity index (χ3n) is 4.04. The zero-order valence-electron chi connectivity index (χ0n) is 14.4. The average Bonchev–Trinajstić information content (AvgIpc) is 3.24. The molecule has 0 bridgehead atoms. The lowest BCUT2D eigenvalue weighted by Gasteiger charge is -2.26. The van der Waals surface area contributed by atoms with Crippen LogP contribution in [-0.4, -0.2) is 54.7 Å². The molecule has 1 aliphatic rings. The minimum atomic E-state index is -0.438. The Hall–Kier alpha value is -1.55. The van der Waals surface area contributed by atoms with E-state index in [9.17, 15) is 4.79 Å². The first-order valence-electron chi connectivity index (χ1n) is 7.97. The molecule has 1 aliphatic carbocycles. The van der Waals surface area contributed by atoms with E-state index in [2.05, 4.69) is 42.3 Å². The summed E-state index contributed by atoms with van der Waals surface area (Å²) in [7, 11) is 3.93. The number of carbonyl (C=O) groups excluding carboxylic acids is 1. The Balaban J connectivity index is 1.75. The van der Waals surface area contributed by atoms with E-state index >= 15 is 0 Å². The predicted octanol–water partition coefficient (Wildman–Crippen LogP) is 3.34. The lowest BCUT2D eigenvalue weighted by Crippen LogP contribution is -2.39. The van der Waals surface area contributed by atoms with Crippen molar-refractivity contribution >= 4 is 6.09 Å². The molecule has 0 aliphatic heterocycles. The van der Waals surface area contributed by atoms with E-state index in [0.29, 0.717) is 18.5 Å². The van der Waals surface area contributed by atoms with Crippen LogP contribution in [0.25, 0.3) is 0 Å². The van der Waals surface area contributed by atoms with Crippen molar-refractivity contribution in [3.05, 3.63) is 35.9 Å². The van der Waals surface area contributed by atoms with Crippen LogP contribution in [0.2, 0.25) is 0 Å². The molecule has 2 atom stereocenters. The summed E-state index contributed by atoms with van der Waals surface area (Å²) < 4.78 is 5.37. The maximum atomic E-state index is 11.9. The van der Waals surface area contributed by atoms with Gasteiger partial charge in [0.05, 0.1) is 0 Å². The van der Waals surface area contributed by atoms with Gasteiger partial charge in [0, 0.05) is 32.1 Å². The number of ether oxygens (including phenoxy) is 1. The van der Waals surface area contributed by atoms with Crippen LogP contribution in [0, 0.1) is 0 Å². The van der Waals surface area contributed by atoms with Crippen molar-refractivity contribution in [1.29, 1.82) is 0 Å². The van der Waals surface area contributed by atoms with E-state index in [1.54, 1.807) is 11.9 Å². The zero-order chi connectivity index (χ0) is 16.3. The largest absolute Gasteiger partial charge is 0.444 e. The van der Waals surface area contributed by atoms with Crippen LogP contribution in [-0.2, 0) is 4.74 Å². The second-order valence-electron chi connectivity index (χ2n) is 7.20. The molecule has 122 valence electrons. The minimum absolute atomic E-state index is 0.253. The van der Waals surface area contributed by atoms with Gasteiger partial charge in [0.15, 0.2) is 0 Å². The van der Waals surface area contributed by atoms with Gasteiger partial charge in [-0.25, -0.2) is 4.79 Å². The number of carbonyl (C=O) groups is 1. The predicted molar refractivity (Wildman–Crippen MR) is 89.1 cm³/mol. The highest BCUT2D eigenvalue weighted by atomic mass is 16.6.